The summed E-state index contributed by atoms with van der Waals surface area (Å²) in [6.07, 6.45) is 0.479. The summed E-state index contributed by atoms with van der Waals surface area (Å²) in [5.41, 5.74) is 0.858. The summed E-state index contributed by atoms with van der Waals surface area (Å²) in [6, 6.07) is 10.3. The van der Waals surface area contributed by atoms with Crippen LogP contribution in [0.25, 0.3) is 0 Å². The smallest absolute Gasteiger partial charge is 0.303 e. The predicted molar refractivity (Wildman–Crippen MR) is 96.4 cm³/mol. The lowest BCUT2D eigenvalue weighted by atomic mass is 10.1. The molecule has 0 saturated carbocycles. The van der Waals surface area contributed by atoms with Crippen LogP contribution < -0.4 is 14.2 Å². The maximum Gasteiger partial charge on any atom is 0.303 e. The van der Waals surface area contributed by atoms with E-state index in [2.05, 4.69) is 0 Å². The lowest BCUT2D eigenvalue weighted by Gasteiger charge is -2.13. The van der Waals surface area contributed by atoms with Gasteiger partial charge in [-0.2, -0.15) is 0 Å². The number of hydrogen-bond acceptors (Lipinski definition) is 4. The number of aryl methyl sites for hydroxylation is 1. The van der Waals surface area contributed by atoms with Crippen LogP contribution in [0.2, 0.25) is 10.0 Å². The van der Waals surface area contributed by atoms with Gasteiger partial charge in [0.2, 0.25) is 0 Å². The highest BCUT2D eigenvalue weighted by molar-refractivity contribution is 6.34. The van der Waals surface area contributed by atoms with E-state index in [1.807, 2.05) is 6.07 Å². The van der Waals surface area contributed by atoms with E-state index in [-0.39, 0.29) is 19.6 Å². The molecule has 0 saturated heterocycles. The number of aliphatic carboxylic acids is 1. The van der Waals surface area contributed by atoms with Crippen molar-refractivity contribution < 1.29 is 24.1 Å². The minimum Gasteiger partial charge on any atom is -0.493 e. The standard InChI is InChI=1S/C18H18Cl2O5/c1-23-15-6-2-12(3-7-18(21)22)10-17(15)25-9-8-24-16-11-13(19)4-5-14(16)20/h2,4-6,10-11H,3,7-9H2,1H3,(H,21,22). The molecule has 0 bridgehead atoms. The van der Waals surface area contributed by atoms with E-state index in [4.69, 9.17) is 42.5 Å². The molecule has 2 aromatic carbocycles. The Morgan fingerprint density at radius 1 is 1.00 bits per heavy atom. The summed E-state index contributed by atoms with van der Waals surface area (Å²) in [7, 11) is 1.54. The molecular weight excluding hydrogens is 367 g/mol. The van der Waals surface area contributed by atoms with Crippen molar-refractivity contribution in [1.82, 2.24) is 0 Å². The Kier molecular flexibility index (Phi) is 7.22. The number of hydrogen-bond donors (Lipinski definition) is 1. The normalized spacial score (nSPS) is 10.4. The monoisotopic (exact) mass is 384 g/mol. The number of carboxylic acid groups (broad SMARTS) is 1. The summed E-state index contributed by atoms with van der Waals surface area (Å²) in [4.78, 5) is 10.7. The zero-order valence-corrected chi connectivity index (χ0v) is 15.1. The van der Waals surface area contributed by atoms with Gasteiger partial charge in [-0.3, -0.25) is 4.79 Å². The fourth-order valence-corrected chi connectivity index (χ4v) is 2.47. The number of carbonyl (C=O) groups is 1. The van der Waals surface area contributed by atoms with Crippen LogP contribution in [0.1, 0.15) is 12.0 Å². The Morgan fingerprint density at radius 2 is 1.72 bits per heavy atom. The molecule has 0 aromatic heterocycles. The predicted octanol–water partition coefficient (Wildman–Crippen LogP) is 4.48. The molecule has 5 nitrogen and oxygen atoms in total. The SMILES string of the molecule is COc1ccc(CCC(=O)O)cc1OCCOc1cc(Cl)ccc1Cl. The number of methoxy groups -OCH3 is 1. The van der Waals surface area contributed by atoms with Gasteiger partial charge in [-0.15, -0.1) is 0 Å². The fourth-order valence-electron chi connectivity index (χ4n) is 2.13. The first-order valence-electron chi connectivity index (χ1n) is 7.59. The second-order valence-electron chi connectivity index (χ2n) is 5.15. The highest BCUT2D eigenvalue weighted by Gasteiger charge is 2.08. The average molecular weight is 385 g/mol. The number of rotatable bonds is 9. The summed E-state index contributed by atoms with van der Waals surface area (Å²) in [5.74, 6) is 0.746. The second-order valence-corrected chi connectivity index (χ2v) is 5.99. The van der Waals surface area contributed by atoms with Crippen molar-refractivity contribution in [3.05, 3.63) is 52.0 Å². The Morgan fingerprint density at radius 3 is 2.40 bits per heavy atom. The van der Waals surface area contributed by atoms with Crippen LogP contribution in [0, 0.1) is 0 Å². The number of benzene rings is 2. The third-order valence-electron chi connectivity index (χ3n) is 3.35. The lowest BCUT2D eigenvalue weighted by Crippen LogP contribution is -2.10. The van der Waals surface area contributed by atoms with Gasteiger partial charge < -0.3 is 19.3 Å². The van der Waals surface area contributed by atoms with Gasteiger partial charge in [0.25, 0.3) is 0 Å². The molecule has 1 N–H and O–H groups in total. The molecule has 0 unspecified atom stereocenters. The fraction of sp³-hybridized carbons (Fsp3) is 0.278. The van der Waals surface area contributed by atoms with E-state index in [1.165, 1.54) is 0 Å². The number of ether oxygens (including phenoxy) is 3. The maximum atomic E-state index is 10.7. The Balaban J connectivity index is 1.93. The maximum absolute atomic E-state index is 10.7. The van der Waals surface area contributed by atoms with Crippen LogP contribution in [0.15, 0.2) is 36.4 Å². The molecule has 0 aliphatic carbocycles. The molecule has 0 amide bonds. The molecule has 0 atom stereocenters. The molecule has 0 aliphatic rings. The highest BCUT2D eigenvalue weighted by atomic mass is 35.5. The molecule has 0 spiro atoms. The zero-order valence-electron chi connectivity index (χ0n) is 13.6. The molecule has 0 fully saturated rings. The van der Waals surface area contributed by atoms with Crippen molar-refractivity contribution in [2.24, 2.45) is 0 Å². The van der Waals surface area contributed by atoms with Gasteiger partial charge in [0.05, 0.1) is 12.1 Å². The second kappa shape index (κ2) is 9.39. The molecule has 0 heterocycles. The Labute approximate surface area is 156 Å². The minimum atomic E-state index is -0.843. The number of carboxylic acids is 1. The summed E-state index contributed by atoms with van der Waals surface area (Å²) in [6.45, 7) is 0.532. The van der Waals surface area contributed by atoms with Crippen molar-refractivity contribution in [2.45, 2.75) is 12.8 Å². The van der Waals surface area contributed by atoms with E-state index < -0.39 is 5.97 Å². The van der Waals surface area contributed by atoms with E-state index in [0.29, 0.717) is 33.7 Å². The van der Waals surface area contributed by atoms with Gasteiger partial charge in [-0.25, -0.2) is 0 Å². The van der Waals surface area contributed by atoms with Crippen LogP contribution in [-0.2, 0) is 11.2 Å². The molecule has 2 aromatic rings. The first-order chi connectivity index (χ1) is 12.0. The number of halogens is 2. The largest absolute Gasteiger partial charge is 0.493 e. The molecule has 134 valence electrons. The molecule has 25 heavy (non-hydrogen) atoms. The van der Waals surface area contributed by atoms with Crippen LogP contribution in [0.3, 0.4) is 0 Å². The quantitative estimate of drug-likeness (QED) is 0.645. The summed E-state index contributed by atoms with van der Waals surface area (Å²) < 4.78 is 16.5. The zero-order chi connectivity index (χ0) is 18.2. The van der Waals surface area contributed by atoms with Gasteiger partial charge in [-0.05, 0) is 36.2 Å². The Bertz CT molecular complexity index is 733. The third-order valence-corrected chi connectivity index (χ3v) is 3.89. The third kappa shape index (κ3) is 6.03. The molecule has 0 radical (unpaired) electrons. The van der Waals surface area contributed by atoms with E-state index >= 15 is 0 Å². The van der Waals surface area contributed by atoms with Gasteiger partial charge in [0.15, 0.2) is 11.5 Å². The summed E-state index contributed by atoms with van der Waals surface area (Å²) in [5, 5.41) is 9.78. The molecule has 0 aliphatic heterocycles. The van der Waals surface area contributed by atoms with Crippen LogP contribution >= 0.6 is 23.2 Å². The molecular formula is C18H18Cl2O5. The molecule has 7 heteroatoms. The van der Waals surface area contributed by atoms with E-state index in [9.17, 15) is 4.79 Å². The van der Waals surface area contributed by atoms with Gasteiger partial charge in [-0.1, -0.05) is 29.3 Å². The highest BCUT2D eigenvalue weighted by Crippen LogP contribution is 2.29. The van der Waals surface area contributed by atoms with Gasteiger partial charge in [0.1, 0.15) is 19.0 Å². The van der Waals surface area contributed by atoms with Crippen molar-refractivity contribution in [1.29, 1.82) is 0 Å². The summed E-state index contributed by atoms with van der Waals surface area (Å²) >= 11 is 11.9. The minimum absolute atomic E-state index is 0.0577. The van der Waals surface area contributed by atoms with Gasteiger partial charge >= 0.3 is 5.97 Å². The first-order valence-corrected chi connectivity index (χ1v) is 8.34. The van der Waals surface area contributed by atoms with Gasteiger partial charge in [0, 0.05) is 17.5 Å². The van der Waals surface area contributed by atoms with Crippen LogP contribution in [0.5, 0.6) is 17.2 Å². The van der Waals surface area contributed by atoms with Crippen LogP contribution in [0.4, 0.5) is 0 Å². The first kappa shape index (κ1) is 19.2. The lowest BCUT2D eigenvalue weighted by molar-refractivity contribution is -0.136. The van der Waals surface area contributed by atoms with Crippen molar-refractivity contribution in [3.8, 4) is 17.2 Å². The van der Waals surface area contributed by atoms with Crippen LogP contribution in [-0.4, -0.2) is 31.4 Å². The van der Waals surface area contributed by atoms with E-state index in [0.717, 1.165) is 5.56 Å². The average Bonchev–Trinajstić information content (AvgIpc) is 2.59. The molecule has 2 rings (SSSR count). The van der Waals surface area contributed by atoms with E-state index in [1.54, 1.807) is 37.4 Å². The van der Waals surface area contributed by atoms with Crippen molar-refractivity contribution in [3.63, 3.8) is 0 Å². The van der Waals surface area contributed by atoms with Crippen molar-refractivity contribution in [2.75, 3.05) is 20.3 Å². The Hall–Kier alpha value is -2.11. The topological polar surface area (TPSA) is 65.0 Å². The van der Waals surface area contributed by atoms with Crippen molar-refractivity contribution >= 4 is 29.2 Å².